The lowest BCUT2D eigenvalue weighted by Crippen LogP contribution is -2.18. The van der Waals surface area contributed by atoms with Crippen LogP contribution in [0.1, 0.15) is 37.3 Å². The maximum absolute atomic E-state index is 6.01. The van der Waals surface area contributed by atoms with Crippen LogP contribution in [0.4, 0.5) is 0 Å². The standard InChI is InChI=1S/C16H23NO/c1-4-5-13(3)18-16-10-12(2)6-7-14(16)11-17-15-8-9-15/h4,6-7,10,13,15,17H,1,5,8-9,11H2,2-3H3. The number of nitrogens with one attached hydrogen (secondary N) is 1. The normalized spacial score (nSPS) is 16.3. The first-order chi connectivity index (χ1) is 8.69. The van der Waals surface area contributed by atoms with Gasteiger partial charge in [0.1, 0.15) is 5.75 Å². The molecule has 0 radical (unpaired) electrons. The maximum atomic E-state index is 6.01. The minimum absolute atomic E-state index is 0.184. The Morgan fingerprint density at radius 2 is 2.28 bits per heavy atom. The second kappa shape index (κ2) is 6.05. The molecule has 98 valence electrons. The van der Waals surface area contributed by atoms with Crippen molar-refractivity contribution in [3.63, 3.8) is 0 Å². The van der Waals surface area contributed by atoms with Crippen LogP contribution in [0.5, 0.6) is 5.75 Å². The van der Waals surface area contributed by atoms with E-state index in [2.05, 4.69) is 43.9 Å². The number of benzene rings is 1. The van der Waals surface area contributed by atoms with Gasteiger partial charge in [0.05, 0.1) is 6.10 Å². The zero-order valence-corrected chi connectivity index (χ0v) is 11.4. The highest BCUT2D eigenvalue weighted by Gasteiger charge is 2.20. The highest BCUT2D eigenvalue weighted by atomic mass is 16.5. The molecule has 1 aliphatic rings. The Kier molecular flexibility index (Phi) is 4.43. The van der Waals surface area contributed by atoms with E-state index in [1.807, 2.05) is 6.08 Å². The van der Waals surface area contributed by atoms with Crippen molar-refractivity contribution in [3.05, 3.63) is 42.0 Å². The van der Waals surface area contributed by atoms with Gasteiger partial charge in [0, 0.05) is 24.6 Å². The van der Waals surface area contributed by atoms with Gasteiger partial charge < -0.3 is 10.1 Å². The van der Waals surface area contributed by atoms with Crippen LogP contribution in [-0.2, 0) is 6.54 Å². The van der Waals surface area contributed by atoms with Gasteiger partial charge in [-0.15, -0.1) is 6.58 Å². The average Bonchev–Trinajstić information content (AvgIpc) is 3.12. The van der Waals surface area contributed by atoms with Gasteiger partial charge in [-0.2, -0.15) is 0 Å². The fraction of sp³-hybridized carbons (Fsp3) is 0.500. The number of hydrogen-bond donors (Lipinski definition) is 1. The number of hydrogen-bond acceptors (Lipinski definition) is 2. The summed E-state index contributed by atoms with van der Waals surface area (Å²) in [6, 6.07) is 7.17. The molecule has 0 spiro atoms. The summed E-state index contributed by atoms with van der Waals surface area (Å²) >= 11 is 0. The summed E-state index contributed by atoms with van der Waals surface area (Å²) in [6.07, 6.45) is 5.60. The average molecular weight is 245 g/mol. The Balaban J connectivity index is 2.03. The van der Waals surface area contributed by atoms with Crippen molar-refractivity contribution in [1.82, 2.24) is 5.32 Å². The molecule has 0 heterocycles. The third-order valence-electron chi connectivity index (χ3n) is 3.21. The zero-order chi connectivity index (χ0) is 13.0. The van der Waals surface area contributed by atoms with Crippen LogP contribution >= 0.6 is 0 Å². The first kappa shape index (κ1) is 13.2. The zero-order valence-electron chi connectivity index (χ0n) is 11.4. The number of rotatable bonds is 7. The SMILES string of the molecule is C=CCC(C)Oc1cc(C)ccc1CNC1CC1. The van der Waals surface area contributed by atoms with E-state index >= 15 is 0 Å². The van der Waals surface area contributed by atoms with E-state index in [0.29, 0.717) is 0 Å². The molecule has 1 aromatic rings. The minimum Gasteiger partial charge on any atom is -0.490 e. The van der Waals surface area contributed by atoms with Crippen LogP contribution in [0.15, 0.2) is 30.9 Å². The van der Waals surface area contributed by atoms with Gasteiger partial charge >= 0.3 is 0 Å². The van der Waals surface area contributed by atoms with Crippen LogP contribution in [0.3, 0.4) is 0 Å². The molecule has 1 N–H and O–H groups in total. The molecule has 0 aromatic heterocycles. The molecule has 2 heteroatoms. The molecule has 1 saturated carbocycles. The summed E-state index contributed by atoms with van der Waals surface area (Å²) in [4.78, 5) is 0. The lowest BCUT2D eigenvalue weighted by atomic mass is 10.1. The van der Waals surface area contributed by atoms with E-state index in [-0.39, 0.29) is 6.10 Å². The van der Waals surface area contributed by atoms with Crippen LogP contribution in [0, 0.1) is 6.92 Å². The first-order valence-corrected chi connectivity index (χ1v) is 6.79. The summed E-state index contributed by atoms with van der Waals surface area (Å²) in [6.45, 7) is 8.85. The number of aryl methyl sites for hydroxylation is 1. The van der Waals surface area contributed by atoms with Gasteiger partial charge in [-0.3, -0.25) is 0 Å². The van der Waals surface area contributed by atoms with Gasteiger partial charge in [0.25, 0.3) is 0 Å². The Bertz CT molecular complexity index is 410. The van der Waals surface area contributed by atoms with Gasteiger partial charge in [-0.25, -0.2) is 0 Å². The minimum atomic E-state index is 0.184. The smallest absolute Gasteiger partial charge is 0.124 e. The molecule has 0 saturated heterocycles. The third kappa shape index (κ3) is 3.88. The molecular weight excluding hydrogens is 222 g/mol. The quantitative estimate of drug-likeness (QED) is 0.741. The molecule has 0 aliphatic heterocycles. The predicted octanol–water partition coefficient (Wildman–Crippen LogP) is 3.59. The highest BCUT2D eigenvalue weighted by molar-refractivity contribution is 5.37. The molecule has 2 rings (SSSR count). The van der Waals surface area contributed by atoms with E-state index < -0.39 is 0 Å². The molecule has 1 unspecified atom stereocenters. The van der Waals surface area contributed by atoms with Crippen molar-refractivity contribution < 1.29 is 4.74 Å². The fourth-order valence-corrected chi connectivity index (χ4v) is 1.96. The predicted molar refractivity (Wildman–Crippen MR) is 75.9 cm³/mol. The Hall–Kier alpha value is -1.28. The lowest BCUT2D eigenvalue weighted by molar-refractivity contribution is 0.222. The summed E-state index contributed by atoms with van der Waals surface area (Å²) in [5.41, 5.74) is 2.49. The maximum Gasteiger partial charge on any atom is 0.124 e. The highest BCUT2D eigenvalue weighted by Crippen LogP contribution is 2.25. The van der Waals surface area contributed by atoms with Crippen LogP contribution in [0.25, 0.3) is 0 Å². The first-order valence-electron chi connectivity index (χ1n) is 6.79. The Morgan fingerprint density at radius 3 is 2.94 bits per heavy atom. The largest absolute Gasteiger partial charge is 0.490 e. The van der Waals surface area contributed by atoms with E-state index in [1.54, 1.807) is 0 Å². The molecule has 2 nitrogen and oxygen atoms in total. The molecule has 1 aliphatic carbocycles. The van der Waals surface area contributed by atoms with Crippen LogP contribution in [-0.4, -0.2) is 12.1 Å². The summed E-state index contributed by atoms with van der Waals surface area (Å²) in [7, 11) is 0. The second-order valence-electron chi connectivity index (χ2n) is 5.22. The van der Waals surface area contributed by atoms with Crippen molar-refractivity contribution in [3.8, 4) is 5.75 Å². The Labute approximate surface area is 110 Å². The molecular formula is C16H23NO. The van der Waals surface area contributed by atoms with Crippen molar-refractivity contribution in [1.29, 1.82) is 0 Å². The topological polar surface area (TPSA) is 21.3 Å². The lowest BCUT2D eigenvalue weighted by Gasteiger charge is -2.17. The molecule has 0 amide bonds. The third-order valence-corrected chi connectivity index (χ3v) is 3.21. The van der Waals surface area contributed by atoms with Crippen molar-refractivity contribution in [2.45, 2.75) is 51.8 Å². The molecule has 1 aromatic carbocycles. The fourth-order valence-electron chi connectivity index (χ4n) is 1.96. The van der Waals surface area contributed by atoms with Gasteiger partial charge in [-0.1, -0.05) is 18.2 Å². The van der Waals surface area contributed by atoms with E-state index in [1.165, 1.54) is 24.0 Å². The number of ether oxygens (including phenoxy) is 1. The molecule has 18 heavy (non-hydrogen) atoms. The second-order valence-corrected chi connectivity index (χ2v) is 5.22. The molecule has 1 atom stereocenters. The Morgan fingerprint density at radius 1 is 1.50 bits per heavy atom. The molecule has 1 fully saturated rings. The van der Waals surface area contributed by atoms with Crippen molar-refractivity contribution >= 4 is 0 Å². The van der Waals surface area contributed by atoms with E-state index in [9.17, 15) is 0 Å². The van der Waals surface area contributed by atoms with Gasteiger partial charge in [-0.05, 0) is 38.3 Å². The van der Waals surface area contributed by atoms with Crippen LogP contribution < -0.4 is 10.1 Å². The van der Waals surface area contributed by atoms with Gasteiger partial charge in [0.2, 0.25) is 0 Å². The van der Waals surface area contributed by atoms with Gasteiger partial charge in [0.15, 0.2) is 0 Å². The van der Waals surface area contributed by atoms with E-state index in [4.69, 9.17) is 4.74 Å². The summed E-state index contributed by atoms with van der Waals surface area (Å²) in [5, 5.41) is 3.54. The monoisotopic (exact) mass is 245 g/mol. The van der Waals surface area contributed by atoms with Crippen molar-refractivity contribution in [2.75, 3.05) is 0 Å². The van der Waals surface area contributed by atoms with Crippen LogP contribution in [0.2, 0.25) is 0 Å². The van der Waals surface area contributed by atoms with E-state index in [0.717, 1.165) is 24.8 Å². The summed E-state index contributed by atoms with van der Waals surface area (Å²) in [5.74, 6) is 1.01. The van der Waals surface area contributed by atoms with Crippen molar-refractivity contribution in [2.24, 2.45) is 0 Å². The molecule has 0 bridgehead atoms. The summed E-state index contributed by atoms with van der Waals surface area (Å²) < 4.78 is 6.01.